The molecule has 1 fully saturated rings. The van der Waals surface area contributed by atoms with E-state index in [9.17, 15) is 4.79 Å². The fourth-order valence-electron chi connectivity index (χ4n) is 2.94. The van der Waals surface area contributed by atoms with Crippen LogP contribution in [0, 0.1) is 5.41 Å². The van der Waals surface area contributed by atoms with Gasteiger partial charge in [-0.2, -0.15) is 0 Å². The maximum atomic E-state index is 11.8. The summed E-state index contributed by atoms with van der Waals surface area (Å²) in [6.45, 7) is 12.5. The van der Waals surface area contributed by atoms with Gasteiger partial charge in [-0.1, -0.05) is 39.0 Å². The monoisotopic (exact) mass is 317 g/mol. The average Bonchev–Trinajstić information content (AvgIpc) is 2.51. The van der Waals surface area contributed by atoms with Crippen LogP contribution >= 0.6 is 0 Å². The molecule has 23 heavy (non-hydrogen) atoms. The number of piperazine rings is 1. The Morgan fingerprint density at radius 3 is 2.35 bits per heavy atom. The second-order valence-electron chi connectivity index (χ2n) is 7.61. The zero-order chi connectivity index (χ0) is 16.7. The molecule has 1 amide bonds. The molecular formula is C19H31N3O. The van der Waals surface area contributed by atoms with Crippen molar-refractivity contribution in [2.75, 3.05) is 44.2 Å². The molecule has 0 aromatic heterocycles. The van der Waals surface area contributed by atoms with E-state index in [0.29, 0.717) is 6.42 Å². The van der Waals surface area contributed by atoms with Gasteiger partial charge in [0.2, 0.25) is 5.91 Å². The number of nitrogens with zero attached hydrogens (tertiary/aromatic N) is 2. The number of hydrogen-bond acceptors (Lipinski definition) is 3. The van der Waals surface area contributed by atoms with Crippen LogP contribution in [0.15, 0.2) is 30.3 Å². The predicted octanol–water partition coefficient (Wildman–Crippen LogP) is 2.75. The van der Waals surface area contributed by atoms with Gasteiger partial charge in [0.1, 0.15) is 0 Å². The summed E-state index contributed by atoms with van der Waals surface area (Å²) in [4.78, 5) is 16.7. The molecule has 0 atom stereocenters. The molecule has 0 saturated carbocycles. The normalized spacial score (nSPS) is 16.4. The van der Waals surface area contributed by atoms with Gasteiger partial charge in [0.15, 0.2) is 0 Å². The molecular weight excluding hydrogens is 286 g/mol. The molecule has 1 aromatic carbocycles. The molecule has 4 heteroatoms. The highest BCUT2D eigenvalue weighted by Crippen LogP contribution is 2.18. The molecule has 1 saturated heterocycles. The summed E-state index contributed by atoms with van der Waals surface area (Å²) in [5.41, 5.74) is 1.39. The minimum Gasteiger partial charge on any atom is -0.369 e. The average molecular weight is 317 g/mol. The Kier molecular flexibility index (Phi) is 6.46. The molecule has 2 rings (SSSR count). The van der Waals surface area contributed by atoms with Crippen LogP contribution in [0.1, 0.15) is 33.6 Å². The smallest absolute Gasteiger partial charge is 0.220 e. The van der Waals surface area contributed by atoms with Crippen molar-refractivity contribution >= 4 is 11.6 Å². The Hall–Kier alpha value is -1.55. The Balaban J connectivity index is 1.59. The zero-order valence-corrected chi connectivity index (χ0v) is 14.8. The Labute approximate surface area is 140 Å². The van der Waals surface area contributed by atoms with Crippen LogP contribution in [0.25, 0.3) is 0 Å². The van der Waals surface area contributed by atoms with E-state index in [1.54, 1.807) is 0 Å². The first-order valence-electron chi connectivity index (χ1n) is 8.73. The highest BCUT2D eigenvalue weighted by atomic mass is 16.1. The van der Waals surface area contributed by atoms with Crippen LogP contribution < -0.4 is 10.2 Å². The van der Waals surface area contributed by atoms with E-state index in [-0.39, 0.29) is 11.3 Å². The topological polar surface area (TPSA) is 35.6 Å². The van der Waals surface area contributed by atoms with Gasteiger partial charge in [-0.05, 0) is 30.5 Å². The van der Waals surface area contributed by atoms with Crippen LogP contribution in [0.5, 0.6) is 0 Å². The number of benzene rings is 1. The zero-order valence-electron chi connectivity index (χ0n) is 14.8. The summed E-state index contributed by atoms with van der Waals surface area (Å²) in [6, 6.07) is 10.6. The second kappa shape index (κ2) is 8.34. The molecule has 1 N–H and O–H groups in total. The molecule has 1 heterocycles. The van der Waals surface area contributed by atoms with Crippen LogP contribution in [-0.2, 0) is 4.79 Å². The minimum atomic E-state index is 0.0673. The number of carbonyl (C=O) groups excluding carboxylic acids is 1. The summed E-state index contributed by atoms with van der Waals surface area (Å²) in [6.07, 6.45) is 1.63. The highest BCUT2D eigenvalue weighted by molar-refractivity contribution is 5.76. The summed E-state index contributed by atoms with van der Waals surface area (Å²) in [5.74, 6) is 0.173. The van der Waals surface area contributed by atoms with Crippen molar-refractivity contribution in [1.29, 1.82) is 0 Å². The minimum absolute atomic E-state index is 0.0673. The van der Waals surface area contributed by atoms with E-state index < -0.39 is 0 Å². The summed E-state index contributed by atoms with van der Waals surface area (Å²) >= 11 is 0. The van der Waals surface area contributed by atoms with Crippen molar-refractivity contribution in [3.63, 3.8) is 0 Å². The van der Waals surface area contributed by atoms with Crippen LogP contribution in [0.2, 0.25) is 0 Å². The highest BCUT2D eigenvalue weighted by Gasteiger charge is 2.17. The van der Waals surface area contributed by atoms with Crippen LogP contribution in [0.3, 0.4) is 0 Å². The number of amides is 1. The molecule has 0 spiro atoms. The quantitative estimate of drug-likeness (QED) is 0.820. The fourth-order valence-corrected chi connectivity index (χ4v) is 2.94. The lowest BCUT2D eigenvalue weighted by molar-refractivity contribution is -0.122. The van der Waals surface area contributed by atoms with Gasteiger partial charge in [-0.15, -0.1) is 0 Å². The van der Waals surface area contributed by atoms with Gasteiger partial charge in [0, 0.05) is 44.8 Å². The lowest BCUT2D eigenvalue weighted by atomic mass is 9.92. The molecule has 1 aliphatic rings. The molecule has 0 aliphatic carbocycles. The van der Waals surface area contributed by atoms with Crippen molar-refractivity contribution in [3.05, 3.63) is 30.3 Å². The number of para-hydroxylation sites is 1. The van der Waals surface area contributed by atoms with Crippen molar-refractivity contribution in [2.24, 2.45) is 5.41 Å². The van der Waals surface area contributed by atoms with Gasteiger partial charge < -0.3 is 10.2 Å². The third-order valence-corrected chi connectivity index (χ3v) is 4.16. The van der Waals surface area contributed by atoms with E-state index in [2.05, 4.69) is 66.2 Å². The summed E-state index contributed by atoms with van der Waals surface area (Å²) in [5, 5.41) is 3.04. The van der Waals surface area contributed by atoms with Gasteiger partial charge in [0.05, 0.1) is 0 Å². The molecule has 1 aliphatic heterocycles. The Bertz CT molecular complexity index is 473. The van der Waals surface area contributed by atoms with Crippen molar-refractivity contribution in [1.82, 2.24) is 10.2 Å². The van der Waals surface area contributed by atoms with E-state index in [1.807, 2.05) is 0 Å². The Morgan fingerprint density at radius 1 is 1.09 bits per heavy atom. The second-order valence-corrected chi connectivity index (χ2v) is 7.61. The standard InChI is InChI=1S/C19H31N3O/c1-19(2,3)16-18(23)20-10-7-11-21-12-14-22(15-13-21)17-8-5-4-6-9-17/h4-6,8-9H,7,10-16H2,1-3H3,(H,20,23). The van der Waals surface area contributed by atoms with E-state index in [4.69, 9.17) is 0 Å². The SMILES string of the molecule is CC(C)(C)CC(=O)NCCCN1CCN(c2ccccc2)CC1. The molecule has 0 unspecified atom stereocenters. The van der Waals surface area contributed by atoms with Crippen molar-refractivity contribution in [3.8, 4) is 0 Å². The van der Waals surface area contributed by atoms with E-state index in [0.717, 1.165) is 45.7 Å². The molecule has 4 nitrogen and oxygen atoms in total. The fraction of sp³-hybridized carbons (Fsp3) is 0.632. The third kappa shape index (κ3) is 6.61. The van der Waals surface area contributed by atoms with Gasteiger partial charge in [-0.25, -0.2) is 0 Å². The van der Waals surface area contributed by atoms with Crippen LogP contribution in [0.4, 0.5) is 5.69 Å². The first-order valence-corrected chi connectivity index (χ1v) is 8.73. The van der Waals surface area contributed by atoms with Crippen molar-refractivity contribution < 1.29 is 4.79 Å². The van der Waals surface area contributed by atoms with E-state index >= 15 is 0 Å². The largest absolute Gasteiger partial charge is 0.369 e. The number of nitrogens with one attached hydrogen (secondary N) is 1. The molecule has 1 aromatic rings. The first-order chi connectivity index (χ1) is 10.9. The maximum absolute atomic E-state index is 11.8. The van der Waals surface area contributed by atoms with E-state index in [1.165, 1.54) is 5.69 Å². The molecule has 0 radical (unpaired) electrons. The maximum Gasteiger partial charge on any atom is 0.220 e. The summed E-state index contributed by atoms with van der Waals surface area (Å²) < 4.78 is 0. The molecule has 0 bridgehead atoms. The Morgan fingerprint density at radius 2 is 1.74 bits per heavy atom. The van der Waals surface area contributed by atoms with Gasteiger partial charge >= 0.3 is 0 Å². The first kappa shape index (κ1) is 17.8. The molecule has 128 valence electrons. The lowest BCUT2D eigenvalue weighted by Gasteiger charge is -2.36. The third-order valence-electron chi connectivity index (χ3n) is 4.16. The van der Waals surface area contributed by atoms with Gasteiger partial charge in [-0.3, -0.25) is 9.69 Å². The number of rotatable bonds is 6. The predicted molar refractivity (Wildman–Crippen MR) is 96.8 cm³/mol. The lowest BCUT2D eigenvalue weighted by Crippen LogP contribution is -2.47. The van der Waals surface area contributed by atoms with Crippen LogP contribution in [-0.4, -0.2) is 50.1 Å². The van der Waals surface area contributed by atoms with Crippen molar-refractivity contribution in [2.45, 2.75) is 33.6 Å². The number of anilines is 1. The summed E-state index contributed by atoms with van der Waals surface area (Å²) in [7, 11) is 0. The number of hydrogen-bond donors (Lipinski definition) is 1. The van der Waals surface area contributed by atoms with Gasteiger partial charge in [0.25, 0.3) is 0 Å². The number of carbonyl (C=O) groups is 1.